The first kappa shape index (κ1) is 15.4. The Morgan fingerprint density at radius 1 is 1.33 bits per heavy atom. The normalized spacial score (nSPS) is 14.8. The van der Waals surface area contributed by atoms with Crippen LogP contribution in [0.25, 0.3) is 0 Å². The van der Waals surface area contributed by atoms with Crippen molar-refractivity contribution in [2.45, 2.75) is 45.7 Å². The van der Waals surface area contributed by atoms with Crippen LogP contribution in [0.15, 0.2) is 24.3 Å². The van der Waals surface area contributed by atoms with Gasteiger partial charge in [-0.05, 0) is 44.4 Å². The van der Waals surface area contributed by atoms with Gasteiger partial charge in [0.05, 0.1) is 5.41 Å². The van der Waals surface area contributed by atoms with E-state index in [1.807, 2.05) is 6.07 Å². The summed E-state index contributed by atoms with van der Waals surface area (Å²) in [6.07, 6.45) is 1.90. The van der Waals surface area contributed by atoms with E-state index in [1.165, 1.54) is 0 Å². The SMILES string of the molecule is CC(C)(CC(=O)N(Cc1cccc(O)c1)C1CC1)C(=O)O. The highest BCUT2D eigenvalue weighted by Crippen LogP contribution is 2.32. The summed E-state index contributed by atoms with van der Waals surface area (Å²) in [7, 11) is 0. The van der Waals surface area contributed by atoms with Gasteiger partial charge in [0.15, 0.2) is 0 Å². The second-order valence-electron chi connectivity index (χ2n) is 6.29. The molecule has 21 heavy (non-hydrogen) atoms. The highest BCUT2D eigenvalue weighted by atomic mass is 16.4. The van der Waals surface area contributed by atoms with E-state index in [9.17, 15) is 14.7 Å². The molecule has 0 aromatic heterocycles. The number of aliphatic carboxylic acids is 1. The lowest BCUT2D eigenvalue weighted by Crippen LogP contribution is -2.37. The molecule has 0 saturated heterocycles. The molecule has 1 aromatic carbocycles. The van der Waals surface area contributed by atoms with Crippen molar-refractivity contribution in [2.24, 2.45) is 5.41 Å². The number of rotatable bonds is 6. The Kier molecular flexibility index (Phi) is 4.21. The van der Waals surface area contributed by atoms with Crippen LogP contribution < -0.4 is 0 Å². The fraction of sp³-hybridized carbons (Fsp3) is 0.500. The molecule has 1 aliphatic carbocycles. The molecule has 0 bridgehead atoms. The summed E-state index contributed by atoms with van der Waals surface area (Å²) in [6.45, 7) is 3.53. The van der Waals surface area contributed by atoms with Gasteiger partial charge < -0.3 is 15.1 Å². The van der Waals surface area contributed by atoms with Crippen molar-refractivity contribution in [3.05, 3.63) is 29.8 Å². The largest absolute Gasteiger partial charge is 0.508 e. The summed E-state index contributed by atoms with van der Waals surface area (Å²) in [5, 5.41) is 18.6. The molecule has 1 aliphatic rings. The number of phenols is 1. The molecule has 0 spiro atoms. The monoisotopic (exact) mass is 291 g/mol. The molecule has 0 radical (unpaired) electrons. The van der Waals surface area contributed by atoms with E-state index in [-0.39, 0.29) is 24.1 Å². The summed E-state index contributed by atoms with van der Waals surface area (Å²) < 4.78 is 0. The maximum atomic E-state index is 12.4. The van der Waals surface area contributed by atoms with Crippen molar-refractivity contribution < 1.29 is 19.8 Å². The first-order chi connectivity index (χ1) is 9.79. The summed E-state index contributed by atoms with van der Waals surface area (Å²) in [5.41, 5.74) is -0.216. The molecule has 1 aromatic rings. The van der Waals surface area contributed by atoms with Crippen LogP contribution in [0.2, 0.25) is 0 Å². The van der Waals surface area contributed by atoms with E-state index in [2.05, 4.69) is 0 Å². The van der Waals surface area contributed by atoms with Crippen molar-refractivity contribution in [1.82, 2.24) is 4.90 Å². The second-order valence-corrected chi connectivity index (χ2v) is 6.29. The van der Waals surface area contributed by atoms with Gasteiger partial charge >= 0.3 is 5.97 Å². The molecule has 1 fully saturated rings. The van der Waals surface area contributed by atoms with Crippen LogP contribution in [-0.2, 0) is 16.1 Å². The van der Waals surface area contributed by atoms with Gasteiger partial charge in [-0.15, -0.1) is 0 Å². The Bertz CT molecular complexity index is 549. The highest BCUT2D eigenvalue weighted by molar-refractivity contribution is 5.84. The van der Waals surface area contributed by atoms with Gasteiger partial charge in [0.1, 0.15) is 5.75 Å². The van der Waals surface area contributed by atoms with Gasteiger partial charge in [0.25, 0.3) is 0 Å². The number of carboxylic acids is 1. The summed E-state index contributed by atoms with van der Waals surface area (Å²) in [4.78, 5) is 25.3. The van der Waals surface area contributed by atoms with Crippen molar-refractivity contribution in [1.29, 1.82) is 0 Å². The van der Waals surface area contributed by atoms with Gasteiger partial charge in [0.2, 0.25) is 5.91 Å². The third-order valence-electron chi connectivity index (χ3n) is 3.74. The number of carboxylic acid groups (broad SMARTS) is 1. The number of carbonyl (C=O) groups excluding carboxylic acids is 1. The number of aromatic hydroxyl groups is 1. The third-order valence-corrected chi connectivity index (χ3v) is 3.74. The molecule has 0 heterocycles. The topological polar surface area (TPSA) is 77.8 Å². The number of phenolic OH excluding ortho intramolecular Hbond substituents is 1. The average Bonchev–Trinajstić information content (AvgIpc) is 3.19. The molecule has 2 N–H and O–H groups in total. The Morgan fingerprint density at radius 3 is 2.52 bits per heavy atom. The van der Waals surface area contributed by atoms with Crippen molar-refractivity contribution >= 4 is 11.9 Å². The quantitative estimate of drug-likeness (QED) is 0.843. The smallest absolute Gasteiger partial charge is 0.309 e. The Hall–Kier alpha value is -2.04. The zero-order valence-electron chi connectivity index (χ0n) is 12.4. The molecule has 5 heteroatoms. The lowest BCUT2D eigenvalue weighted by Gasteiger charge is -2.27. The molecule has 0 unspecified atom stereocenters. The predicted octanol–water partition coefficient (Wildman–Crippen LogP) is 2.38. The standard InChI is InChI=1S/C16H21NO4/c1-16(2,15(20)21)9-14(19)17(12-6-7-12)10-11-4-3-5-13(18)8-11/h3-5,8,12,18H,6-7,9-10H2,1-2H3,(H,20,21). The minimum Gasteiger partial charge on any atom is -0.508 e. The van der Waals surface area contributed by atoms with E-state index in [0.717, 1.165) is 18.4 Å². The molecule has 1 amide bonds. The third kappa shape index (κ3) is 3.97. The second kappa shape index (κ2) is 5.76. The van der Waals surface area contributed by atoms with Crippen LogP contribution in [0, 0.1) is 5.41 Å². The van der Waals surface area contributed by atoms with Crippen LogP contribution in [-0.4, -0.2) is 33.0 Å². The van der Waals surface area contributed by atoms with E-state index in [0.29, 0.717) is 6.54 Å². The highest BCUT2D eigenvalue weighted by Gasteiger charge is 2.37. The molecular formula is C16H21NO4. The van der Waals surface area contributed by atoms with Crippen LogP contribution in [0.3, 0.4) is 0 Å². The summed E-state index contributed by atoms with van der Waals surface area (Å²) in [6, 6.07) is 7.00. The average molecular weight is 291 g/mol. The Labute approximate surface area is 124 Å². The van der Waals surface area contributed by atoms with Crippen molar-refractivity contribution in [3.8, 4) is 5.75 Å². The Balaban J connectivity index is 2.09. The molecule has 0 aliphatic heterocycles. The molecule has 1 saturated carbocycles. The molecule has 114 valence electrons. The first-order valence-corrected chi connectivity index (χ1v) is 7.10. The number of benzene rings is 1. The van der Waals surface area contributed by atoms with Gasteiger partial charge in [0, 0.05) is 19.0 Å². The summed E-state index contributed by atoms with van der Waals surface area (Å²) >= 11 is 0. The van der Waals surface area contributed by atoms with E-state index in [1.54, 1.807) is 36.9 Å². The van der Waals surface area contributed by atoms with Crippen molar-refractivity contribution in [2.75, 3.05) is 0 Å². The van der Waals surface area contributed by atoms with Gasteiger partial charge in [-0.1, -0.05) is 12.1 Å². The molecule has 5 nitrogen and oxygen atoms in total. The number of nitrogens with zero attached hydrogens (tertiary/aromatic N) is 1. The van der Waals surface area contributed by atoms with Gasteiger partial charge in [-0.3, -0.25) is 9.59 Å². The lowest BCUT2D eigenvalue weighted by molar-refractivity contribution is -0.151. The van der Waals surface area contributed by atoms with Crippen LogP contribution in [0.4, 0.5) is 0 Å². The lowest BCUT2D eigenvalue weighted by atomic mass is 9.89. The number of hydrogen-bond acceptors (Lipinski definition) is 3. The maximum absolute atomic E-state index is 12.4. The van der Waals surface area contributed by atoms with E-state index in [4.69, 9.17) is 5.11 Å². The number of amides is 1. The number of carbonyl (C=O) groups is 2. The maximum Gasteiger partial charge on any atom is 0.309 e. The number of hydrogen-bond donors (Lipinski definition) is 2. The zero-order valence-corrected chi connectivity index (χ0v) is 12.4. The van der Waals surface area contributed by atoms with E-state index < -0.39 is 11.4 Å². The fourth-order valence-electron chi connectivity index (χ4n) is 2.21. The minimum absolute atomic E-state index is 0.0162. The summed E-state index contributed by atoms with van der Waals surface area (Å²) in [5.74, 6) is -0.946. The minimum atomic E-state index is -1.07. The molecular weight excluding hydrogens is 270 g/mol. The fourth-order valence-corrected chi connectivity index (χ4v) is 2.21. The van der Waals surface area contributed by atoms with Crippen LogP contribution in [0.1, 0.15) is 38.7 Å². The van der Waals surface area contributed by atoms with E-state index >= 15 is 0 Å². The predicted molar refractivity (Wildman–Crippen MR) is 77.7 cm³/mol. The van der Waals surface area contributed by atoms with Gasteiger partial charge in [-0.25, -0.2) is 0 Å². The first-order valence-electron chi connectivity index (χ1n) is 7.10. The van der Waals surface area contributed by atoms with Crippen LogP contribution in [0.5, 0.6) is 5.75 Å². The van der Waals surface area contributed by atoms with Gasteiger partial charge in [-0.2, -0.15) is 0 Å². The zero-order chi connectivity index (χ0) is 15.6. The molecule has 0 atom stereocenters. The van der Waals surface area contributed by atoms with Crippen molar-refractivity contribution in [3.63, 3.8) is 0 Å². The van der Waals surface area contributed by atoms with Crippen LogP contribution >= 0.6 is 0 Å². The Morgan fingerprint density at radius 2 is 2.00 bits per heavy atom. The molecule has 2 rings (SSSR count).